The number of hydrogen-bond donors (Lipinski definition) is 0. The lowest BCUT2D eigenvalue weighted by Crippen LogP contribution is -1.92. The van der Waals surface area contributed by atoms with Gasteiger partial charge >= 0.3 is 0 Å². The highest BCUT2D eigenvalue weighted by Gasteiger charge is 2.02. The van der Waals surface area contributed by atoms with Gasteiger partial charge in [0.25, 0.3) is 0 Å². The molecule has 18 heavy (non-hydrogen) atoms. The maximum atomic E-state index is 4.03. The molecule has 0 radical (unpaired) electrons. The Morgan fingerprint density at radius 1 is 1.22 bits per heavy atom. The van der Waals surface area contributed by atoms with Crippen LogP contribution in [0.15, 0.2) is 67.8 Å². The first-order chi connectivity index (χ1) is 8.69. The fourth-order valence-corrected chi connectivity index (χ4v) is 2.04. The van der Waals surface area contributed by atoms with Crippen LogP contribution in [-0.4, -0.2) is 0 Å². The predicted molar refractivity (Wildman–Crippen MR) is 82.6 cm³/mol. The topological polar surface area (TPSA) is 0 Å². The summed E-state index contributed by atoms with van der Waals surface area (Å²) in [4.78, 5) is 0. The molecule has 1 aromatic rings. The highest BCUT2D eigenvalue weighted by Crippen LogP contribution is 2.20. The van der Waals surface area contributed by atoms with Gasteiger partial charge in [0.1, 0.15) is 0 Å². The third-order valence-corrected chi connectivity index (χ3v) is 2.98. The first-order valence-electron chi connectivity index (χ1n) is 6.37. The van der Waals surface area contributed by atoms with Gasteiger partial charge in [0.05, 0.1) is 0 Å². The normalized spacial score (nSPS) is 11.1. The molecule has 0 N–H and O–H groups in total. The second-order valence-corrected chi connectivity index (χ2v) is 4.47. The van der Waals surface area contributed by atoms with E-state index in [0.717, 1.165) is 24.8 Å². The van der Waals surface area contributed by atoms with Crippen molar-refractivity contribution in [3.63, 3.8) is 0 Å². The van der Waals surface area contributed by atoms with Crippen molar-refractivity contribution < 1.29 is 0 Å². The Morgan fingerprint density at radius 2 is 1.94 bits per heavy atom. The summed E-state index contributed by atoms with van der Waals surface area (Å²) in [6, 6.07) is 8.50. The lowest BCUT2D eigenvalue weighted by Gasteiger charge is -2.09. The molecule has 0 aliphatic carbocycles. The molecule has 0 amide bonds. The van der Waals surface area contributed by atoms with Gasteiger partial charge in [-0.15, -0.1) is 0 Å². The van der Waals surface area contributed by atoms with E-state index in [1.54, 1.807) is 0 Å². The molecule has 0 saturated heterocycles. The summed E-state index contributed by atoms with van der Waals surface area (Å²) in [6.45, 7) is 13.6. The molecule has 0 aromatic heterocycles. The van der Waals surface area contributed by atoms with Gasteiger partial charge in [0.2, 0.25) is 0 Å². The maximum absolute atomic E-state index is 4.03. The largest absolute Gasteiger partial charge is 0.0991 e. The number of benzene rings is 1. The van der Waals surface area contributed by atoms with Gasteiger partial charge in [0, 0.05) is 0 Å². The van der Waals surface area contributed by atoms with Crippen LogP contribution in [0.5, 0.6) is 0 Å². The van der Waals surface area contributed by atoms with Gasteiger partial charge in [-0.2, -0.15) is 0 Å². The zero-order chi connectivity index (χ0) is 13.4. The molecule has 0 aliphatic heterocycles. The van der Waals surface area contributed by atoms with Crippen LogP contribution >= 0.6 is 0 Å². The quantitative estimate of drug-likeness (QED) is 0.562. The second-order valence-electron chi connectivity index (χ2n) is 4.47. The maximum Gasteiger partial charge on any atom is -0.0201 e. The first kappa shape index (κ1) is 14.2. The van der Waals surface area contributed by atoms with Crippen molar-refractivity contribution in [1.29, 1.82) is 0 Å². The van der Waals surface area contributed by atoms with E-state index in [1.165, 1.54) is 16.7 Å². The predicted octanol–water partition coefficient (Wildman–Crippen LogP) is 5.34. The highest BCUT2D eigenvalue weighted by molar-refractivity contribution is 5.64. The monoisotopic (exact) mass is 238 g/mol. The van der Waals surface area contributed by atoms with Gasteiger partial charge in [0.15, 0.2) is 0 Å². The molecule has 0 saturated carbocycles. The molecule has 0 heterocycles. The van der Waals surface area contributed by atoms with Crippen molar-refractivity contribution in [2.24, 2.45) is 0 Å². The smallest absolute Gasteiger partial charge is 0.0201 e. The van der Waals surface area contributed by atoms with Gasteiger partial charge in [-0.3, -0.25) is 0 Å². The molecular formula is C18H22. The molecule has 0 heteroatoms. The third-order valence-electron chi connectivity index (χ3n) is 2.98. The fourth-order valence-electron chi connectivity index (χ4n) is 2.04. The van der Waals surface area contributed by atoms with E-state index in [-0.39, 0.29) is 0 Å². The summed E-state index contributed by atoms with van der Waals surface area (Å²) in [6.07, 6.45) is 8.99. The summed E-state index contributed by atoms with van der Waals surface area (Å²) in [5, 5.41) is 0. The molecule has 0 aliphatic rings. The minimum Gasteiger partial charge on any atom is -0.0991 e. The standard InChI is InChI=1S/C18H22/c1-5-10-16(6-2)11-9-13-17-12-7-8-14-18(17)15(3)4/h5-8,10,12,14H,1-3,9,11,13H2,4H3/b16-10+. The number of aryl methyl sites for hydroxylation is 1. The average Bonchev–Trinajstić information content (AvgIpc) is 2.38. The van der Waals surface area contributed by atoms with E-state index < -0.39 is 0 Å². The molecule has 0 spiro atoms. The lowest BCUT2D eigenvalue weighted by atomic mass is 9.96. The van der Waals surface area contributed by atoms with E-state index in [2.05, 4.69) is 50.9 Å². The van der Waals surface area contributed by atoms with Crippen molar-refractivity contribution in [3.8, 4) is 0 Å². The Kier molecular flexibility index (Phi) is 5.93. The summed E-state index contributed by atoms with van der Waals surface area (Å²) in [5.74, 6) is 0. The third kappa shape index (κ3) is 4.21. The average molecular weight is 238 g/mol. The summed E-state index contributed by atoms with van der Waals surface area (Å²) in [7, 11) is 0. The minimum atomic E-state index is 1.04. The summed E-state index contributed by atoms with van der Waals surface area (Å²) >= 11 is 0. The Morgan fingerprint density at radius 3 is 2.56 bits per heavy atom. The Labute approximate surface area is 111 Å². The molecule has 1 rings (SSSR count). The minimum absolute atomic E-state index is 1.04. The molecule has 0 unspecified atom stereocenters. The Hall–Kier alpha value is -1.82. The van der Waals surface area contributed by atoms with E-state index in [0.29, 0.717) is 0 Å². The van der Waals surface area contributed by atoms with E-state index in [4.69, 9.17) is 0 Å². The van der Waals surface area contributed by atoms with Crippen LogP contribution in [0.1, 0.15) is 30.9 Å². The highest BCUT2D eigenvalue weighted by atomic mass is 14.1. The van der Waals surface area contributed by atoms with E-state index in [9.17, 15) is 0 Å². The van der Waals surface area contributed by atoms with Crippen LogP contribution < -0.4 is 0 Å². The number of rotatable bonds is 7. The van der Waals surface area contributed by atoms with Crippen molar-refractivity contribution in [2.45, 2.75) is 26.2 Å². The van der Waals surface area contributed by atoms with Crippen LogP contribution in [0.2, 0.25) is 0 Å². The molecular weight excluding hydrogens is 216 g/mol. The van der Waals surface area contributed by atoms with Crippen molar-refractivity contribution in [3.05, 3.63) is 78.9 Å². The van der Waals surface area contributed by atoms with Crippen LogP contribution in [0.4, 0.5) is 0 Å². The first-order valence-corrected chi connectivity index (χ1v) is 6.37. The molecule has 94 valence electrons. The van der Waals surface area contributed by atoms with Gasteiger partial charge in [-0.1, -0.05) is 67.8 Å². The van der Waals surface area contributed by atoms with Crippen molar-refractivity contribution in [1.82, 2.24) is 0 Å². The Bertz CT molecular complexity index is 461. The van der Waals surface area contributed by atoms with Crippen LogP contribution in [0, 0.1) is 0 Å². The van der Waals surface area contributed by atoms with Gasteiger partial charge in [-0.25, -0.2) is 0 Å². The van der Waals surface area contributed by atoms with Gasteiger partial charge < -0.3 is 0 Å². The fraction of sp³-hybridized carbons (Fsp3) is 0.222. The van der Waals surface area contributed by atoms with Crippen LogP contribution in [-0.2, 0) is 6.42 Å². The zero-order valence-electron chi connectivity index (χ0n) is 11.3. The number of allylic oxidation sites excluding steroid dienone is 5. The Balaban J connectivity index is 2.64. The van der Waals surface area contributed by atoms with Crippen molar-refractivity contribution >= 4 is 5.57 Å². The van der Waals surface area contributed by atoms with Gasteiger partial charge in [-0.05, 0) is 42.9 Å². The van der Waals surface area contributed by atoms with Crippen LogP contribution in [0.25, 0.3) is 5.57 Å². The zero-order valence-corrected chi connectivity index (χ0v) is 11.3. The lowest BCUT2D eigenvalue weighted by molar-refractivity contribution is 0.822. The SMILES string of the molecule is C=C/C=C(\C=C)CCCc1ccccc1C(=C)C. The molecule has 0 nitrogen and oxygen atoms in total. The summed E-state index contributed by atoms with van der Waals surface area (Å²) < 4.78 is 0. The second kappa shape index (κ2) is 7.50. The van der Waals surface area contributed by atoms with E-state index in [1.807, 2.05) is 18.2 Å². The molecule has 0 bridgehead atoms. The molecule has 0 fully saturated rings. The molecule has 0 atom stereocenters. The summed E-state index contributed by atoms with van der Waals surface area (Å²) in [5.41, 5.74) is 5.05. The van der Waals surface area contributed by atoms with Crippen molar-refractivity contribution in [2.75, 3.05) is 0 Å². The van der Waals surface area contributed by atoms with Crippen LogP contribution in [0.3, 0.4) is 0 Å². The van der Waals surface area contributed by atoms with E-state index >= 15 is 0 Å². The molecule has 1 aromatic carbocycles. The number of hydrogen-bond acceptors (Lipinski definition) is 0.